The van der Waals surface area contributed by atoms with E-state index in [0.29, 0.717) is 24.0 Å². The lowest BCUT2D eigenvalue weighted by atomic mass is 9.46. The number of allylic oxidation sites excluding steroid dienone is 1. The molecule has 0 aromatic heterocycles. The van der Waals surface area contributed by atoms with Crippen LogP contribution in [0.3, 0.4) is 0 Å². The minimum atomic E-state index is -0.439. The normalized spacial score (nSPS) is 52.7. The van der Waals surface area contributed by atoms with Crippen LogP contribution in [0.25, 0.3) is 0 Å². The molecule has 0 radical (unpaired) electrons. The topological polar surface area (TPSA) is 37.3 Å². The highest BCUT2D eigenvalue weighted by molar-refractivity contribution is 5.91. The highest BCUT2D eigenvalue weighted by Crippen LogP contribution is 2.66. The van der Waals surface area contributed by atoms with Gasteiger partial charge in [0.15, 0.2) is 5.78 Å². The summed E-state index contributed by atoms with van der Waals surface area (Å²) < 4.78 is 0. The zero-order chi connectivity index (χ0) is 14.9. The molecule has 21 heavy (non-hydrogen) atoms. The average Bonchev–Trinajstić information content (AvgIpc) is 2.75. The second-order valence-electron chi connectivity index (χ2n) is 8.68. The minimum Gasteiger partial charge on any atom is -0.389 e. The number of hydrogen-bond donors (Lipinski definition) is 1. The molecular weight excluding hydrogens is 260 g/mol. The molecule has 0 aromatic carbocycles. The smallest absolute Gasteiger partial charge is 0.155 e. The Morgan fingerprint density at radius 3 is 2.67 bits per heavy atom. The molecule has 116 valence electrons. The van der Waals surface area contributed by atoms with E-state index in [1.807, 2.05) is 6.08 Å². The number of hydrogen-bond acceptors (Lipinski definition) is 2. The standard InChI is InChI=1S/C19H28O2/c1-17-8-3-9-19(17,21)16-5-4-13-12-14(20)6-11-18(13,2)15(16)7-10-17/h12,15-16,21H,3-11H2,1-2H3/t15-,16+,17-,18+,19-/m1/s1. The summed E-state index contributed by atoms with van der Waals surface area (Å²) in [5.74, 6) is 1.36. The van der Waals surface area contributed by atoms with E-state index in [-0.39, 0.29) is 10.8 Å². The summed E-state index contributed by atoms with van der Waals surface area (Å²) in [5, 5.41) is 11.5. The predicted octanol–water partition coefficient (Wildman–Crippen LogP) is 4.02. The van der Waals surface area contributed by atoms with Gasteiger partial charge in [0.25, 0.3) is 0 Å². The van der Waals surface area contributed by atoms with Crippen LogP contribution < -0.4 is 0 Å². The van der Waals surface area contributed by atoms with E-state index in [9.17, 15) is 9.90 Å². The van der Waals surface area contributed by atoms with Gasteiger partial charge in [-0.25, -0.2) is 0 Å². The van der Waals surface area contributed by atoms with Gasteiger partial charge in [0.05, 0.1) is 5.60 Å². The second kappa shape index (κ2) is 4.22. The summed E-state index contributed by atoms with van der Waals surface area (Å²) in [5.41, 5.74) is 1.28. The van der Waals surface area contributed by atoms with E-state index in [2.05, 4.69) is 13.8 Å². The number of aliphatic hydroxyl groups is 1. The van der Waals surface area contributed by atoms with Crippen LogP contribution in [0, 0.1) is 22.7 Å². The van der Waals surface area contributed by atoms with E-state index in [0.717, 1.165) is 25.7 Å². The van der Waals surface area contributed by atoms with Crippen LogP contribution in [0.4, 0.5) is 0 Å². The lowest BCUT2D eigenvalue weighted by molar-refractivity contribution is -0.173. The molecule has 1 N–H and O–H groups in total. The van der Waals surface area contributed by atoms with E-state index in [4.69, 9.17) is 0 Å². The first-order chi connectivity index (χ1) is 9.89. The Balaban J connectivity index is 1.74. The van der Waals surface area contributed by atoms with Crippen molar-refractivity contribution in [1.29, 1.82) is 0 Å². The molecule has 0 saturated heterocycles. The van der Waals surface area contributed by atoms with E-state index in [1.54, 1.807) is 0 Å². The van der Waals surface area contributed by atoms with Gasteiger partial charge in [0, 0.05) is 6.42 Å². The maximum Gasteiger partial charge on any atom is 0.155 e. The van der Waals surface area contributed by atoms with Crippen molar-refractivity contribution in [2.75, 3.05) is 0 Å². The van der Waals surface area contributed by atoms with Crippen LogP contribution in [-0.4, -0.2) is 16.5 Å². The highest BCUT2D eigenvalue weighted by Gasteiger charge is 2.63. The first-order valence-electron chi connectivity index (χ1n) is 8.85. The summed E-state index contributed by atoms with van der Waals surface area (Å²) in [6.07, 6.45) is 11.6. The lowest BCUT2D eigenvalue weighted by Gasteiger charge is -2.60. The van der Waals surface area contributed by atoms with Crippen LogP contribution >= 0.6 is 0 Å². The molecule has 0 spiro atoms. The van der Waals surface area contributed by atoms with Gasteiger partial charge in [-0.15, -0.1) is 0 Å². The van der Waals surface area contributed by atoms with Crippen LogP contribution in [0.1, 0.15) is 71.6 Å². The Morgan fingerprint density at radius 2 is 1.86 bits per heavy atom. The average molecular weight is 288 g/mol. The molecule has 3 saturated carbocycles. The number of fused-ring (bicyclic) bond motifs is 5. The molecule has 2 heteroatoms. The van der Waals surface area contributed by atoms with E-state index < -0.39 is 5.60 Å². The van der Waals surface area contributed by atoms with Gasteiger partial charge in [0.2, 0.25) is 0 Å². The van der Waals surface area contributed by atoms with Gasteiger partial charge < -0.3 is 5.11 Å². The second-order valence-corrected chi connectivity index (χ2v) is 8.68. The Morgan fingerprint density at radius 1 is 1.05 bits per heavy atom. The van der Waals surface area contributed by atoms with E-state index in [1.165, 1.54) is 31.3 Å². The third kappa shape index (κ3) is 1.66. The Hall–Kier alpha value is -0.630. The fourth-order valence-corrected chi connectivity index (χ4v) is 6.52. The summed E-state index contributed by atoms with van der Waals surface area (Å²) >= 11 is 0. The maximum atomic E-state index is 11.8. The molecule has 0 amide bonds. The Kier molecular flexibility index (Phi) is 2.81. The van der Waals surface area contributed by atoms with Gasteiger partial charge in [-0.2, -0.15) is 0 Å². The maximum absolute atomic E-state index is 11.8. The SMILES string of the molecule is C[C@]12CCC[C@@]1(O)[C@H]1CCC3=CC(=O)CC[C@]3(C)[C@@H]1CC2. The molecule has 0 heterocycles. The van der Waals surface area contributed by atoms with Crippen molar-refractivity contribution in [2.45, 2.75) is 77.2 Å². The first-order valence-corrected chi connectivity index (χ1v) is 8.85. The van der Waals surface area contributed by atoms with Gasteiger partial charge in [-0.3, -0.25) is 4.79 Å². The van der Waals surface area contributed by atoms with Crippen LogP contribution in [0.15, 0.2) is 11.6 Å². The molecule has 0 unspecified atom stereocenters. The third-order valence-electron chi connectivity index (χ3n) is 7.94. The van der Waals surface area contributed by atoms with Crippen molar-refractivity contribution in [1.82, 2.24) is 0 Å². The van der Waals surface area contributed by atoms with Gasteiger partial charge in [-0.1, -0.05) is 19.4 Å². The van der Waals surface area contributed by atoms with Gasteiger partial charge in [-0.05, 0) is 80.1 Å². The lowest BCUT2D eigenvalue weighted by Crippen LogP contribution is -2.59. The van der Waals surface area contributed by atoms with Crippen molar-refractivity contribution >= 4 is 5.78 Å². The predicted molar refractivity (Wildman–Crippen MR) is 82.8 cm³/mol. The largest absolute Gasteiger partial charge is 0.389 e. The van der Waals surface area contributed by atoms with Crippen molar-refractivity contribution in [2.24, 2.45) is 22.7 Å². The highest BCUT2D eigenvalue weighted by atomic mass is 16.3. The fourth-order valence-electron chi connectivity index (χ4n) is 6.52. The Labute approximate surface area is 128 Å². The van der Waals surface area contributed by atoms with Crippen LogP contribution in [-0.2, 0) is 4.79 Å². The molecule has 0 bridgehead atoms. The van der Waals surface area contributed by atoms with Crippen molar-refractivity contribution in [3.63, 3.8) is 0 Å². The fraction of sp³-hybridized carbons (Fsp3) is 0.842. The third-order valence-corrected chi connectivity index (χ3v) is 7.94. The molecule has 2 nitrogen and oxygen atoms in total. The summed E-state index contributed by atoms with van der Waals surface area (Å²) in [4.78, 5) is 11.8. The van der Waals surface area contributed by atoms with E-state index >= 15 is 0 Å². The van der Waals surface area contributed by atoms with Crippen LogP contribution in [0.5, 0.6) is 0 Å². The van der Waals surface area contributed by atoms with Crippen molar-refractivity contribution in [3.05, 3.63) is 11.6 Å². The van der Waals surface area contributed by atoms with Gasteiger partial charge >= 0.3 is 0 Å². The number of carbonyl (C=O) groups is 1. The molecule has 0 aliphatic heterocycles. The molecule has 3 fully saturated rings. The quantitative estimate of drug-likeness (QED) is 0.731. The van der Waals surface area contributed by atoms with Crippen molar-refractivity contribution < 1.29 is 9.90 Å². The summed E-state index contributed by atoms with van der Waals surface area (Å²) in [6, 6.07) is 0. The molecule has 5 atom stereocenters. The first kappa shape index (κ1) is 14.0. The molecule has 4 aliphatic carbocycles. The Bertz CT molecular complexity index is 522. The molecule has 0 aromatic rings. The molecular formula is C19H28O2. The summed E-state index contributed by atoms with van der Waals surface area (Å²) in [6.45, 7) is 4.71. The number of rotatable bonds is 0. The van der Waals surface area contributed by atoms with Crippen LogP contribution in [0.2, 0.25) is 0 Å². The minimum absolute atomic E-state index is 0.149. The van der Waals surface area contributed by atoms with Gasteiger partial charge in [0.1, 0.15) is 0 Å². The zero-order valence-corrected chi connectivity index (χ0v) is 13.5. The monoisotopic (exact) mass is 288 g/mol. The zero-order valence-electron chi connectivity index (χ0n) is 13.5. The molecule has 4 rings (SSSR count). The molecule has 4 aliphatic rings. The number of ketones is 1. The summed E-state index contributed by atoms with van der Waals surface area (Å²) in [7, 11) is 0. The van der Waals surface area contributed by atoms with Crippen molar-refractivity contribution in [3.8, 4) is 0 Å². The number of carbonyl (C=O) groups excluding carboxylic acids is 1.